The molecular formula is C22H24FN7O2. The first-order valence-electron chi connectivity index (χ1n) is 10.2. The number of aromatic nitrogens is 3. The van der Waals surface area contributed by atoms with Crippen LogP contribution in [0.1, 0.15) is 5.56 Å². The van der Waals surface area contributed by atoms with E-state index in [2.05, 4.69) is 24.8 Å². The van der Waals surface area contributed by atoms with Gasteiger partial charge in [0.15, 0.2) is 5.82 Å². The Morgan fingerprint density at radius 1 is 1.22 bits per heavy atom. The number of nitrogens with one attached hydrogen (secondary N) is 1. The van der Waals surface area contributed by atoms with Crippen molar-refractivity contribution in [2.24, 2.45) is 10.7 Å². The summed E-state index contributed by atoms with van der Waals surface area (Å²) in [6, 6.07) is 7.60. The highest BCUT2D eigenvalue weighted by molar-refractivity contribution is 5.92. The molecule has 1 aliphatic rings. The van der Waals surface area contributed by atoms with Gasteiger partial charge in [0.1, 0.15) is 11.7 Å². The van der Waals surface area contributed by atoms with E-state index in [-0.39, 0.29) is 23.1 Å². The summed E-state index contributed by atoms with van der Waals surface area (Å²) in [6.07, 6.45) is 1.56. The molecule has 3 heterocycles. The molecule has 0 amide bonds. The second-order valence-corrected chi connectivity index (χ2v) is 7.53. The van der Waals surface area contributed by atoms with Crippen molar-refractivity contribution in [3.8, 4) is 22.4 Å². The molecule has 0 radical (unpaired) electrons. The van der Waals surface area contributed by atoms with Crippen LogP contribution in [0.2, 0.25) is 0 Å². The van der Waals surface area contributed by atoms with Crippen molar-refractivity contribution in [1.29, 1.82) is 0 Å². The Balaban J connectivity index is 1.86. The SMILES string of the molecule is Cc1cc(-c2c(N=C(N)CN3CCOCC3)nc(N)nc2-c2ccc(F)cc2)c[nH]c1=O. The lowest BCUT2D eigenvalue weighted by molar-refractivity contribution is 0.0452. The molecule has 1 aliphatic heterocycles. The molecule has 1 fully saturated rings. The Kier molecular flexibility index (Phi) is 6.24. The quantitative estimate of drug-likeness (QED) is 0.409. The number of ether oxygens (including phenoxy) is 1. The second-order valence-electron chi connectivity index (χ2n) is 7.53. The number of nitrogen functional groups attached to an aromatic ring is 1. The predicted molar refractivity (Wildman–Crippen MR) is 121 cm³/mol. The summed E-state index contributed by atoms with van der Waals surface area (Å²) in [5.41, 5.74) is 14.8. The number of morpholine rings is 1. The van der Waals surface area contributed by atoms with E-state index in [0.29, 0.717) is 53.5 Å². The van der Waals surface area contributed by atoms with Gasteiger partial charge >= 0.3 is 0 Å². The van der Waals surface area contributed by atoms with Gasteiger partial charge in [0.25, 0.3) is 5.56 Å². The Morgan fingerprint density at radius 3 is 2.62 bits per heavy atom. The number of nitrogens with two attached hydrogens (primary N) is 2. The highest BCUT2D eigenvalue weighted by Crippen LogP contribution is 2.37. The number of aromatic amines is 1. The van der Waals surface area contributed by atoms with Crippen LogP contribution in [0.25, 0.3) is 22.4 Å². The van der Waals surface area contributed by atoms with Gasteiger partial charge in [0.05, 0.1) is 31.0 Å². The van der Waals surface area contributed by atoms with Crippen LogP contribution < -0.4 is 17.0 Å². The predicted octanol–water partition coefficient (Wildman–Crippen LogP) is 1.85. The van der Waals surface area contributed by atoms with Gasteiger partial charge in [-0.05, 0) is 37.3 Å². The number of aryl methyl sites for hydroxylation is 1. The van der Waals surface area contributed by atoms with E-state index in [1.807, 2.05) is 0 Å². The topological polar surface area (TPSA) is 136 Å². The van der Waals surface area contributed by atoms with Crippen LogP contribution >= 0.6 is 0 Å². The number of aliphatic imine (C=N–C) groups is 1. The van der Waals surface area contributed by atoms with Gasteiger partial charge in [-0.3, -0.25) is 9.69 Å². The van der Waals surface area contributed by atoms with Gasteiger partial charge in [-0.15, -0.1) is 0 Å². The summed E-state index contributed by atoms with van der Waals surface area (Å²) < 4.78 is 18.9. The molecule has 1 saturated heterocycles. The Labute approximate surface area is 184 Å². The fraction of sp³-hybridized carbons (Fsp3) is 0.273. The molecule has 0 bridgehead atoms. The molecule has 3 aromatic rings. The third-order valence-electron chi connectivity index (χ3n) is 5.14. The van der Waals surface area contributed by atoms with Crippen molar-refractivity contribution in [1.82, 2.24) is 19.9 Å². The molecule has 1 aromatic carbocycles. The summed E-state index contributed by atoms with van der Waals surface area (Å²) in [6.45, 7) is 4.95. The summed E-state index contributed by atoms with van der Waals surface area (Å²) in [7, 11) is 0. The van der Waals surface area contributed by atoms with Crippen molar-refractivity contribution < 1.29 is 9.13 Å². The minimum Gasteiger partial charge on any atom is -0.386 e. The fourth-order valence-corrected chi connectivity index (χ4v) is 3.53. The zero-order valence-corrected chi connectivity index (χ0v) is 17.6. The molecule has 166 valence electrons. The van der Waals surface area contributed by atoms with E-state index >= 15 is 0 Å². The normalized spacial score (nSPS) is 15.1. The fourth-order valence-electron chi connectivity index (χ4n) is 3.53. The van der Waals surface area contributed by atoms with Crippen molar-refractivity contribution in [2.75, 3.05) is 38.6 Å². The Bertz CT molecular complexity index is 1200. The number of rotatable bonds is 5. The van der Waals surface area contributed by atoms with Gasteiger partial charge < -0.3 is 21.2 Å². The maximum Gasteiger partial charge on any atom is 0.250 e. The summed E-state index contributed by atoms with van der Waals surface area (Å²) in [5, 5.41) is 0. The Hall–Kier alpha value is -3.63. The third kappa shape index (κ3) is 4.82. The zero-order chi connectivity index (χ0) is 22.7. The van der Waals surface area contributed by atoms with Crippen LogP contribution in [0, 0.1) is 12.7 Å². The van der Waals surface area contributed by atoms with Crippen LogP contribution in [-0.2, 0) is 4.74 Å². The van der Waals surface area contributed by atoms with Crippen LogP contribution in [0.5, 0.6) is 0 Å². The van der Waals surface area contributed by atoms with Crippen LogP contribution in [-0.4, -0.2) is 58.5 Å². The molecule has 2 aromatic heterocycles. The van der Waals surface area contributed by atoms with Gasteiger partial charge in [-0.2, -0.15) is 4.98 Å². The van der Waals surface area contributed by atoms with E-state index in [1.165, 1.54) is 12.1 Å². The number of nitrogens with zero attached hydrogens (tertiary/aromatic N) is 4. The molecule has 0 unspecified atom stereocenters. The number of H-pyrrole nitrogens is 1. The number of benzene rings is 1. The first-order valence-corrected chi connectivity index (χ1v) is 10.2. The van der Waals surface area contributed by atoms with Crippen molar-refractivity contribution in [2.45, 2.75) is 6.92 Å². The molecule has 0 aliphatic carbocycles. The van der Waals surface area contributed by atoms with Gasteiger partial charge in [-0.25, -0.2) is 14.4 Å². The smallest absolute Gasteiger partial charge is 0.250 e. The monoisotopic (exact) mass is 437 g/mol. The molecule has 9 nitrogen and oxygen atoms in total. The van der Waals surface area contributed by atoms with E-state index < -0.39 is 0 Å². The number of hydrogen-bond acceptors (Lipinski definition) is 7. The first kappa shape index (κ1) is 21.6. The van der Waals surface area contributed by atoms with E-state index in [0.717, 1.165) is 13.1 Å². The minimum atomic E-state index is -0.370. The molecule has 0 saturated carbocycles. The average Bonchev–Trinajstić information content (AvgIpc) is 2.76. The van der Waals surface area contributed by atoms with Gasteiger partial charge in [-0.1, -0.05) is 0 Å². The Morgan fingerprint density at radius 2 is 1.94 bits per heavy atom. The van der Waals surface area contributed by atoms with E-state index in [1.54, 1.807) is 31.3 Å². The lowest BCUT2D eigenvalue weighted by Crippen LogP contribution is -2.41. The molecule has 0 spiro atoms. The molecular weight excluding hydrogens is 413 g/mol. The van der Waals surface area contributed by atoms with Crippen molar-refractivity contribution in [3.63, 3.8) is 0 Å². The standard InChI is InChI=1S/C22H24FN7O2/c1-13-10-15(11-26-21(13)31)18-19(14-2-4-16(23)5-3-14)28-22(25)29-20(18)27-17(24)12-30-6-8-32-9-7-30/h2-5,10-11H,6-9,12H2,1H3,(H,26,31)(H4,24,25,27,28,29). The summed E-state index contributed by atoms with van der Waals surface area (Å²) in [4.78, 5) is 30.1. The van der Waals surface area contributed by atoms with E-state index in [9.17, 15) is 9.18 Å². The second kappa shape index (κ2) is 9.25. The summed E-state index contributed by atoms with van der Waals surface area (Å²) >= 11 is 0. The van der Waals surface area contributed by atoms with Crippen LogP contribution in [0.15, 0.2) is 46.3 Å². The largest absolute Gasteiger partial charge is 0.386 e. The number of halogens is 1. The first-order chi connectivity index (χ1) is 15.4. The molecule has 4 rings (SSSR count). The van der Waals surface area contributed by atoms with Crippen LogP contribution in [0.3, 0.4) is 0 Å². The van der Waals surface area contributed by atoms with Crippen molar-refractivity contribution >= 4 is 17.6 Å². The molecule has 0 atom stereocenters. The molecule has 5 N–H and O–H groups in total. The van der Waals surface area contributed by atoms with Gasteiger partial charge in [0.2, 0.25) is 5.95 Å². The molecule has 32 heavy (non-hydrogen) atoms. The van der Waals surface area contributed by atoms with Gasteiger partial charge in [0, 0.05) is 36.0 Å². The number of hydrogen-bond donors (Lipinski definition) is 3. The third-order valence-corrected chi connectivity index (χ3v) is 5.14. The number of anilines is 1. The lowest BCUT2D eigenvalue weighted by atomic mass is 10.00. The van der Waals surface area contributed by atoms with E-state index in [4.69, 9.17) is 16.2 Å². The molecule has 10 heteroatoms. The number of pyridine rings is 1. The minimum absolute atomic E-state index is 0.00661. The summed E-state index contributed by atoms with van der Waals surface area (Å²) in [5.74, 6) is 0.267. The number of amidine groups is 1. The van der Waals surface area contributed by atoms with Crippen molar-refractivity contribution in [3.05, 3.63) is 58.3 Å². The van der Waals surface area contributed by atoms with Crippen LogP contribution in [0.4, 0.5) is 16.2 Å². The maximum atomic E-state index is 13.5. The average molecular weight is 437 g/mol. The highest BCUT2D eigenvalue weighted by Gasteiger charge is 2.19. The zero-order valence-electron chi connectivity index (χ0n) is 17.6. The lowest BCUT2D eigenvalue weighted by Gasteiger charge is -2.26. The maximum absolute atomic E-state index is 13.5. The highest BCUT2D eigenvalue weighted by atomic mass is 19.1.